The van der Waals surface area contributed by atoms with Gasteiger partial charge >= 0.3 is 0 Å². The summed E-state index contributed by atoms with van der Waals surface area (Å²) >= 11 is 0. The molecule has 2 aromatic carbocycles. The van der Waals surface area contributed by atoms with Gasteiger partial charge in [0, 0.05) is 36.1 Å². The minimum Gasteiger partial charge on any atom is -0.436 e. The molecule has 5 rings (SSSR count). The van der Waals surface area contributed by atoms with Crippen LogP contribution in [0.25, 0.3) is 22.6 Å². The number of hydrogen-bond donors (Lipinski definition) is 1. The minimum absolute atomic E-state index is 0.0358. The first-order valence-electron chi connectivity index (χ1n) is 11.9. The van der Waals surface area contributed by atoms with Crippen LogP contribution in [0.1, 0.15) is 57.9 Å². The van der Waals surface area contributed by atoms with E-state index in [0.717, 1.165) is 41.1 Å². The summed E-state index contributed by atoms with van der Waals surface area (Å²) in [6.45, 7) is 5.26. The Kier molecular flexibility index (Phi) is 6.13. The smallest absolute Gasteiger partial charge is 0.240 e. The molecule has 2 atom stereocenters. The van der Waals surface area contributed by atoms with Crippen LogP contribution in [0.4, 0.5) is 0 Å². The van der Waals surface area contributed by atoms with Crippen LogP contribution in [0.15, 0.2) is 52.0 Å². The van der Waals surface area contributed by atoms with Gasteiger partial charge < -0.3 is 9.25 Å². The van der Waals surface area contributed by atoms with Gasteiger partial charge in [0.15, 0.2) is 5.58 Å². The van der Waals surface area contributed by atoms with Crippen molar-refractivity contribution >= 4 is 22.7 Å². The predicted molar refractivity (Wildman–Crippen MR) is 128 cm³/mol. The van der Waals surface area contributed by atoms with Crippen LogP contribution < -0.4 is 10.3 Å². The molecular weight excluding hydrogens is 416 g/mol. The van der Waals surface area contributed by atoms with Crippen molar-refractivity contribution in [1.29, 1.82) is 0 Å². The zero-order chi connectivity index (χ0) is 22.8. The van der Waals surface area contributed by atoms with E-state index >= 15 is 0 Å². The van der Waals surface area contributed by atoms with Crippen molar-refractivity contribution in [2.24, 2.45) is 11.0 Å². The lowest BCUT2D eigenvalue weighted by molar-refractivity contribution is -0.122. The second-order valence-corrected chi connectivity index (χ2v) is 9.00. The van der Waals surface area contributed by atoms with Crippen LogP contribution in [0.2, 0.25) is 0 Å². The summed E-state index contributed by atoms with van der Waals surface area (Å²) in [5, 5.41) is 6.41. The lowest BCUT2D eigenvalue weighted by Gasteiger charge is -2.26. The Balaban J connectivity index is 1.35. The quantitative estimate of drug-likeness (QED) is 0.575. The number of carbonyl (C=O) groups is 1. The van der Waals surface area contributed by atoms with Gasteiger partial charge in [0.2, 0.25) is 11.8 Å². The topological polar surface area (TPSA) is 80.0 Å². The molecule has 0 radical (unpaired) electrons. The molecule has 1 aromatic heterocycles. The number of hydroxylamine groups is 2. The summed E-state index contributed by atoms with van der Waals surface area (Å²) < 4.78 is 6.09. The van der Waals surface area contributed by atoms with Gasteiger partial charge in [-0.1, -0.05) is 25.8 Å². The van der Waals surface area contributed by atoms with Crippen LogP contribution in [0, 0.1) is 5.92 Å². The Morgan fingerprint density at radius 2 is 1.94 bits per heavy atom. The second-order valence-electron chi connectivity index (χ2n) is 9.00. The zero-order valence-corrected chi connectivity index (χ0v) is 19.2. The van der Waals surface area contributed by atoms with Gasteiger partial charge in [-0.2, -0.15) is 5.10 Å². The van der Waals surface area contributed by atoms with E-state index in [4.69, 9.17) is 9.25 Å². The summed E-state index contributed by atoms with van der Waals surface area (Å²) in [5.41, 5.74) is 6.84. The van der Waals surface area contributed by atoms with Crippen LogP contribution in [0.5, 0.6) is 5.75 Å². The third-order valence-corrected chi connectivity index (χ3v) is 6.61. The fourth-order valence-corrected chi connectivity index (χ4v) is 4.60. The molecule has 1 fully saturated rings. The van der Waals surface area contributed by atoms with Crippen molar-refractivity contribution in [2.45, 2.75) is 58.4 Å². The summed E-state index contributed by atoms with van der Waals surface area (Å²) in [7, 11) is 0. The predicted octanol–water partition coefficient (Wildman–Crippen LogP) is 5.30. The average molecular weight is 447 g/mol. The molecule has 2 aliphatic heterocycles. The number of aromatic nitrogens is 1. The van der Waals surface area contributed by atoms with E-state index in [1.165, 1.54) is 25.7 Å². The van der Waals surface area contributed by atoms with Gasteiger partial charge in [0.1, 0.15) is 11.3 Å². The van der Waals surface area contributed by atoms with E-state index in [9.17, 15) is 4.79 Å². The van der Waals surface area contributed by atoms with Gasteiger partial charge in [-0.3, -0.25) is 4.79 Å². The highest BCUT2D eigenvalue weighted by Crippen LogP contribution is 2.29. The number of oxazole rings is 1. The maximum atomic E-state index is 11.7. The Morgan fingerprint density at radius 1 is 1.12 bits per heavy atom. The molecule has 7 nitrogen and oxygen atoms in total. The fourth-order valence-electron chi connectivity index (χ4n) is 4.60. The molecule has 172 valence electrons. The molecule has 1 saturated heterocycles. The van der Waals surface area contributed by atoms with Gasteiger partial charge in [0.25, 0.3) is 0 Å². The lowest BCUT2D eigenvalue weighted by atomic mass is 9.90. The molecule has 7 heteroatoms. The first-order chi connectivity index (χ1) is 16.1. The maximum Gasteiger partial charge on any atom is 0.240 e. The Bertz CT molecular complexity index is 1170. The highest BCUT2D eigenvalue weighted by atomic mass is 16.7. The van der Waals surface area contributed by atoms with E-state index in [1.807, 2.05) is 42.5 Å². The van der Waals surface area contributed by atoms with Crippen LogP contribution in [0.3, 0.4) is 0 Å². The largest absolute Gasteiger partial charge is 0.436 e. The lowest BCUT2D eigenvalue weighted by Crippen LogP contribution is -2.35. The van der Waals surface area contributed by atoms with E-state index in [2.05, 4.69) is 34.4 Å². The SMILES string of the molecule is CCC1CC(=O)NN=C1c1ccc2nc(-c3ccc(ON4CCCCCC4C)cc3)oc2c1. The van der Waals surface area contributed by atoms with Gasteiger partial charge in [0.05, 0.1) is 5.71 Å². The number of hydrazone groups is 1. The number of benzene rings is 2. The molecule has 2 aliphatic rings. The molecule has 0 spiro atoms. The third-order valence-electron chi connectivity index (χ3n) is 6.61. The van der Waals surface area contributed by atoms with Crippen LogP contribution >= 0.6 is 0 Å². The second kappa shape index (κ2) is 9.35. The summed E-state index contributed by atoms with van der Waals surface area (Å²) in [6, 6.07) is 14.2. The Morgan fingerprint density at radius 3 is 2.76 bits per heavy atom. The molecule has 0 aliphatic carbocycles. The number of rotatable bonds is 5. The standard InChI is InChI=1S/C26H30N4O3/c1-3-18-16-24(31)28-29-25(18)20-10-13-22-23(15-20)32-26(27-22)19-8-11-21(12-9-19)33-30-14-6-4-5-7-17(30)2/h8-13,15,17-18H,3-7,14,16H2,1-2H3,(H,28,31). The monoisotopic (exact) mass is 446 g/mol. The molecule has 2 unspecified atom stereocenters. The van der Waals surface area contributed by atoms with E-state index < -0.39 is 0 Å². The number of fused-ring (bicyclic) bond motifs is 1. The van der Waals surface area contributed by atoms with Crippen molar-refractivity contribution in [2.75, 3.05) is 6.54 Å². The Hall–Kier alpha value is -3.19. The highest BCUT2D eigenvalue weighted by molar-refractivity contribution is 6.07. The van der Waals surface area contributed by atoms with E-state index in [0.29, 0.717) is 23.9 Å². The zero-order valence-electron chi connectivity index (χ0n) is 19.2. The van der Waals surface area contributed by atoms with Crippen LogP contribution in [-0.2, 0) is 4.79 Å². The summed E-state index contributed by atoms with van der Waals surface area (Å²) in [6.07, 6.45) is 6.19. The fraction of sp³-hybridized carbons (Fsp3) is 0.423. The molecule has 1 amide bonds. The first-order valence-corrected chi connectivity index (χ1v) is 11.9. The number of nitrogens with zero attached hydrogens (tertiary/aromatic N) is 3. The summed E-state index contributed by atoms with van der Waals surface area (Å²) in [4.78, 5) is 22.5. The molecular formula is C26H30N4O3. The molecule has 3 aromatic rings. The molecule has 0 bridgehead atoms. The van der Waals surface area contributed by atoms with Crippen molar-refractivity contribution in [3.63, 3.8) is 0 Å². The number of amides is 1. The number of carbonyl (C=O) groups excluding carboxylic acids is 1. The van der Waals surface area contributed by atoms with Crippen LogP contribution in [-0.4, -0.2) is 34.3 Å². The highest BCUT2D eigenvalue weighted by Gasteiger charge is 2.25. The first kappa shape index (κ1) is 21.6. The molecule has 33 heavy (non-hydrogen) atoms. The van der Waals surface area contributed by atoms with Gasteiger partial charge in [-0.15, -0.1) is 5.06 Å². The Labute approximate surface area is 193 Å². The molecule has 0 saturated carbocycles. The number of hydrogen-bond acceptors (Lipinski definition) is 6. The average Bonchev–Trinajstić information content (AvgIpc) is 3.16. The van der Waals surface area contributed by atoms with Crippen molar-refractivity contribution in [3.05, 3.63) is 48.0 Å². The van der Waals surface area contributed by atoms with Crippen molar-refractivity contribution in [3.8, 4) is 17.2 Å². The normalized spacial score (nSPS) is 22.0. The molecule has 1 N–H and O–H groups in total. The van der Waals surface area contributed by atoms with Crippen molar-refractivity contribution in [1.82, 2.24) is 15.5 Å². The molecule has 3 heterocycles. The van der Waals surface area contributed by atoms with Gasteiger partial charge in [-0.25, -0.2) is 10.4 Å². The maximum absolute atomic E-state index is 11.7. The van der Waals surface area contributed by atoms with E-state index in [1.54, 1.807) is 0 Å². The third kappa shape index (κ3) is 4.64. The summed E-state index contributed by atoms with van der Waals surface area (Å²) in [5.74, 6) is 1.47. The van der Waals surface area contributed by atoms with Crippen molar-refractivity contribution < 1.29 is 14.0 Å². The van der Waals surface area contributed by atoms with Gasteiger partial charge in [-0.05, 0) is 62.6 Å². The minimum atomic E-state index is -0.0358. The number of nitrogens with one attached hydrogen (secondary N) is 1. The van der Waals surface area contributed by atoms with E-state index in [-0.39, 0.29) is 11.8 Å².